The Balaban J connectivity index is 1.48. The highest BCUT2D eigenvalue weighted by Gasteiger charge is 2.10. The number of rotatable bonds is 6. The highest BCUT2D eigenvalue weighted by molar-refractivity contribution is 7.71. The second kappa shape index (κ2) is 7.46. The molecule has 0 aliphatic heterocycles. The van der Waals surface area contributed by atoms with Crippen LogP contribution < -0.4 is 4.74 Å². The predicted molar refractivity (Wildman–Crippen MR) is 102 cm³/mol. The van der Waals surface area contributed by atoms with Gasteiger partial charge in [0.05, 0.1) is 12.5 Å². The number of ether oxygens (including phenoxy) is 1. The van der Waals surface area contributed by atoms with Crippen molar-refractivity contribution in [2.45, 2.75) is 13.5 Å². The predicted octanol–water partition coefficient (Wildman–Crippen LogP) is 4.56. The number of hydrogen-bond donors (Lipinski definition) is 1. The number of benzene rings is 1. The van der Waals surface area contributed by atoms with Gasteiger partial charge in [-0.1, -0.05) is 18.2 Å². The lowest BCUT2D eigenvalue weighted by Gasteiger charge is -2.06. The molecule has 0 spiro atoms. The minimum Gasteiger partial charge on any atom is -0.485 e. The van der Waals surface area contributed by atoms with Crippen LogP contribution in [-0.4, -0.2) is 21.1 Å². The second-order valence-electron chi connectivity index (χ2n) is 5.74. The van der Waals surface area contributed by atoms with E-state index in [4.69, 9.17) is 25.8 Å². The SMILES string of the molecule is Cc1ccccc1OCc1ccc(/C=N/n2c(-c3ccco3)n[nH]c2=S)o1. The minimum absolute atomic E-state index is 0.335. The van der Waals surface area contributed by atoms with Gasteiger partial charge in [-0.3, -0.25) is 0 Å². The number of nitrogens with one attached hydrogen (secondary N) is 1. The first-order valence-electron chi connectivity index (χ1n) is 8.23. The van der Waals surface area contributed by atoms with Gasteiger partial charge >= 0.3 is 0 Å². The highest BCUT2D eigenvalue weighted by Crippen LogP contribution is 2.19. The maximum Gasteiger partial charge on any atom is 0.219 e. The average Bonchev–Trinajstić information content (AvgIpc) is 3.40. The van der Waals surface area contributed by atoms with Crippen LogP contribution in [0.2, 0.25) is 0 Å². The van der Waals surface area contributed by atoms with Crippen LogP contribution in [0.15, 0.2) is 68.7 Å². The van der Waals surface area contributed by atoms with Crippen LogP contribution in [0.1, 0.15) is 17.1 Å². The number of aromatic amines is 1. The summed E-state index contributed by atoms with van der Waals surface area (Å²) in [5.74, 6) is 3.15. The third-order valence-corrected chi connectivity index (χ3v) is 4.10. The molecular weight excluding hydrogens is 364 g/mol. The summed E-state index contributed by atoms with van der Waals surface area (Å²) in [5.41, 5.74) is 1.07. The molecule has 0 aliphatic rings. The van der Waals surface area contributed by atoms with Crippen molar-refractivity contribution in [2.24, 2.45) is 5.10 Å². The van der Waals surface area contributed by atoms with Gasteiger partial charge in [0.1, 0.15) is 23.9 Å². The number of H-pyrrole nitrogens is 1. The summed E-state index contributed by atoms with van der Waals surface area (Å²) in [6, 6.07) is 15.1. The average molecular weight is 380 g/mol. The van der Waals surface area contributed by atoms with Crippen molar-refractivity contribution in [3.63, 3.8) is 0 Å². The fraction of sp³-hybridized carbons (Fsp3) is 0.105. The molecule has 3 aromatic heterocycles. The molecule has 136 valence electrons. The molecule has 0 saturated heterocycles. The van der Waals surface area contributed by atoms with Crippen LogP contribution in [-0.2, 0) is 6.61 Å². The van der Waals surface area contributed by atoms with E-state index in [0.717, 1.165) is 11.3 Å². The maximum atomic E-state index is 5.79. The van der Waals surface area contributed by atoms with E-state index in [2.05, 4.69) is 15.3 Å². The van der Waals surface area contributed by atoms with E-state index in [1.807, 2.05) is 43.3 Å². The number of aryl methyl sites for hydroxylation is 1. The number of para-hydroxylation sites is 1. The van der Waals surface area contributed by atoms with Crippen LogP contribution in [0.4, 0.5) is 0 Å². The molecular formula is C19H16N4O3S. The van der Waals surface area contributed by atoms with Gasteiger partial charge in [-0.05, 0) is 55.0 Å². The van der Waals surface area contributed by atoms with E-state index >= 15 is 0 Å². The summed E-state index contributed by atoms with van der Waals surface area (Å²) in [4.78, 5) is 0. The Morgan fingerprint density at radius 2 is 2.11 bits per heavy atom. The first kappa shape index (κ1) is 17.0. The third kappa shape index (κ3) is 3.75. The first-order chi connectivity index (χ1) is 13.2. The van der Waals surface area contributed by atoms with Gasteiger partial charge in [0.25, 0.3) is 0 Å². The molecule has 3 heterocycles. The molecule has 1 aromatic carbocycles. The minimum atomic E-state index is 0.335. The van der Waals surface area contributed by atoms with Gasteiger partial charge in [0.15, 0.2) is 5.76 Å². The van der Waals surface area contributed by atoms with E-state index in [9.17, 15) is 0 Å². The molecule has 0 bridgehead atoms. The van der Waals surface area contributed by atoms with Crippen molar-refractivity contribution in [3.05, 3.63) is 76.6 Å². The summed E-state index contributed by atoms with van der Waals surface area (Å²) in [6.45, 7) is 2.34. The smallest absolute Gasteiger partial charge is 0.219 e. The standard InChI is InChI=1S/C19H16N4O3S/c1-13-5-2-3-6-16(13)25-12-15-9-8-14(26-15)11-20-23-18(21-22-19(23)27)17-7-4-10-24-17/h2-11H,12H2,1H3,(H,22,27)/b20-11+. The second-order valence-corrected chi connectivity index (χ2v) is 6.13. The van der Waals surface area contributed by atoms with Gasteiger partial charge in [-0.25, -0.2) is 5.10 Å². The lowest BCUT2D eigenvalue weighted by molar-refractivity contribution is 0.268. The Morgan fingerprint density at radius 3 is 2.93 bits per heavy atom. The topological polar surface area (TPSA) is 81.5 Å². The third-order valence-electron chi connectivity index (χ3n) is 3.84. The van der Waals surface area contributed by atoms with Crippen LogP contribution in [0.3, 0.4) is 0 Å². The zero-order valence-electron chi connectivity index (χ0n) is 14.5. The Morgan fingerprint density at radius 1 is 1.22 bits per heavy atom. The van der Waals surface area contributed by atoms with E-state index in [-0.39, 0.29) is 0 Å². The molecule has 7 nitrogen and oxygen atoms in total. The summed E-state index contributed by atoms with van der Waals surface area (Å²) in [6.07, 6.45) is 3.13. The molecule has 4 rings (SSSR count). The number of nitrogens with zero attached hydrogens (tertiary/aromatic N) is 3. The van der Waals surface area contributed by atoms with E-state index in [0.29, 0.717) is 34.5 Å². The largest absolute Gasteiger partial charge is 0.485 e. The molecule has 4 aromatic rings. The van der Waals surface area contributed by atoms with Gasteiger partial charge in [0.2, 0.25) is 10.6 Å². The van der Waals surface area contributed by atoms with E-state index in [1.165, 1.54) is 4.68 Å². The van der Waals surface area contributed by atoms with Crippen molar-refractivity contribution in [3.8, 4) is 17.3 Å². The Kier molecular flexibility index (Phi) is 4.71. The molecule has 0 atom stereocenters. The number of furan rings is 2. The molecule has 0 saturated carbocycles. The van der Waals surface area contributed by atoms with Crippen molar-refractivity contribution in [2.75, 3.05) is 0 Å². The highest BCUT2D eigenvalue weighted by atomic mass is 32.1. The molecule has 0 radical (unpaired) electrons. The van der Waals surface area contributed by atoms with Gasteiger partial charge in [0, 0.05) is 0 Å². The van der Waals surface area contributed by atoms with Gasteiger partial charge < -0.3 is 13.6 Å². The lowest BCUT2D eigenvalue weighted by Crippen LogP contribution is -1.95. The molecule has 1 N–H and O–H groups in total. The Bertz CT molecular complexity index is 1120. The fourth-order valence-electron chi connectivity index (χ4n) is 2.49. The van der Waals surface area contributed by atoms with Gasteiger partial charge in [-0.15, -0.1) is 5.10 Å². The summed E-state index contributed by atoms with van der Waals surface area (Å²) >= 11 is 5.21. The molecule has 0 fully saturated rings. The monoisotopic (exact) mass is 380 g/mol. The van der Waals surface area contributed by atoms with Gasteiger partial charge in [-0.2, -0.15) is 9.78 Å². The van der Waals surface area contributed by atoms with E-state index < -0.39 is 0 Å². The molecule has 27 heavy (non-hydrogen) atoms. The first-order valence-corrected chi connectivity index (χ1v) is 8.64. The van der Waals surface area contributed by atoms with E-state index in [1.54, 1.807) is 24.6 Å². The fourth-order valence-corrected chi connectivity index (χ4v) is 2.67. The summed E-state index contributed by atoms with van der Waals surface area (Å²) in [7, 11) is 0. The normalized spacial score (nSPS) is 11.3. The number of hydrogen-bond acceptors (Lipinski definition) is 6. The molecule has 0 amide bonds. The van der Waals surface area contributed by atoms with Crippen molar-refractivity contribution in [1.29, 1.82) is 0 Å². The maximum absolute atomic E-state index is 5.79. The van der Waals surface area contributed by atoms with Crippen LogP contribution in [0, 0.1) is 11.7 Å². The van der Waals surface area contributed by atoms with Crippen molar-refractivity contribution < 1.29 is 13.6 Å². The van der Waals surface area contributed by atoms with Crippen LogP contribution in [0.25, 0.3) is 11.6 Å². The molecule has 8 heteroatoms. The van der Waals surface area contributed by atoms with Crippen molar-refractivity contribution >= 4 is 18.4 Å². The van der Waals surface area contributed by atoms with Crippen molar-refractivity contribution in [1.82, 2.24) is 14.9 Å². The quantitative estimate of drug-likeness (QED) is 0.392. The van der Waals surface area contributed by atoms with Crippen LogP contribution in [0.5, 0.6) is 5.75 Å². The lowest BCUT2D eigenvalue weighted by atomic mass is 10.2. The Labute approximate surface area is 159 Å². The molecule has 0 aliphatic carbocycles. The zero-order valence-corrected chi connectivity index (χ0v) is 15.3. The summed E-state index contributed by atoms with van der Waals surface area (Å²) in [5, 5.41) is 11.2. The zero-order chi connectivity index (χ0) is 18.6. The number of aromatic nitrogens is 3. The molecule has 0 unspecified atom stereocenters. The Hall–Kier alpha value is -3.39. The van der Waals surface area contributed by atoms with Crippen LogP contribution >= 0.6 is 12.2 Å². The summed E-state index contributed by atoms with van der Waals surface area (Å²) < 4.78 is 18.7.